The van der Waals surface area contributed by atoms with Crippen LogP contribution in [0, 0.1) is 0 Å². The van der Waals surface area contributed by atoms with Gasteiger partial charge in [0.05, 0.1) is 14.2 Å². The van der Waals surface area contributed by atoms with E-state index >= 15 is 0 Å². The molecule has 1 aliphatic rings. The van der Waals surface area contributed by atoms with E-state index in [9.17, 15) is 9.90 Å². The lowest BCUT2D eigenvalue weighted by atomic mass is 9.86. The zero-order valence-electron chi connectivity index (χ0n) is 13.1. The van der Waals surface area contributed by atoms with Gasteiger partial charge in [-0.25, -0.2) is 0 Å². The Morgan fingerprint density at radius 2 is 1.78 bits per heavy atom. The summed E-state index contributed by atoms with van der Waals surface area (Å²) < 4.78 is 10.5. The van der Waals surface area contributed by atoms with Crippen molar-refractivity contribution < 1.29 is 19.4 Å². The van der Waals surface area contributed by atoms with Crippen LogP contribution in [0.1, 0.15) is 27.9 Å². The van der Waals surface area contributed by atoms with E-state index in [1.165, 1.54) is 0 Å². The van der Waals surface area contributed by atoms with Crippen LogP contribution in [0.2, 0.25) is 0 Å². The average Bonchev–Trinajstić information content (AvgIpc) is 2.57. The van der Waals surface area contributed by atoms with Gasteiger partial charge in [-0.15, -0.1) is 0 Å². The number of fused-ring (bicyclic) bond motifs is 1. The van der Waals surface area contributed by atoms with Crippen molar-refractivity contribution in [3.8, 4) is 17.2 Å². The van der Waals surface area contributed by atoms with Crippen LogP contribution in [0.5, 0.6) is 17.2 Å². The fourth-order valence-electron chi connectivity index (χ4n) is 2.85. The van der Waals surface area contributed by atoms with Gasteiger partial charge in [0.2, 0.25) is 0 Å². The number of phenolic OH excluding ortho intramolecular Hbond substituents is 1. The molecular weight excluding hydrogens is 292 g/mol. The van der Waals surface area contributed by atoms with Crippen LogP contribution in [0.15, 0.2) is 42.0 Å². The highest BCUT2D eigenvalue weighted by atomic mass is 16.5. The minimum absolute atomic E-state index is 0.0148. The molecule has 0 unspecified atom stereocenters. The minimum Gasteiger partial charge on any atom is -0.508 e. The van der Waals surface area contributed by atoms with Crippen molar-refractivity contribution in [2.24, 2.45) is 0 Å². The van der Waals surface area contributed by atoms with Gasteiger partial charge in [0.1, 0.15) is 5.75 Å². The molecule has 118 valence electrons. The van der Waals surface area contributed by atoms with E-state index in [-0.39, 0.29) is 11.5 Å². The lowest BCUT2D eigenvalue weighted by Crippen LogP contribution is -2.13. The number of rotatable bonds is 3. The first-order chi connectivity index (χ1) is 11.1. The minimum atomic E-state index is 0.0148. The molecule has 0 spiro atoms. The Bertz CT molecular complexity index is 790. The number of carbonyl (C=O) groups excluding carboxylic acids is 1. The second-order valence-electron chi connectivity index (χ2n) is 5.45. The van der Waals surface area contributed by atoms with Gasteiger partial charge in [-0.3, -0.25) is 4.79 Å². The fourth-order valence-corrected chi connectivity index (χ4v) is 2.85. The number of aromatic hydroxyl groups is 1. The fraction of sp³-hybridized carbons (Fsp3) is 0.211. The molecule has 0 saturated carbocycles. The second-order valence-corrected chi connectivity index (χ2v) is 5.45. The van der Waals surface area contributed by atoms with E-state index in [0.717, 1.165) is 23.1 Å². The van der Waals surface area contributed by atoms with Crippen molar-refractivity contribution in [3.63, 3.8) is 0 Å². The summed E-state index contributed by atoms with van der Waals surface area (Å²) in [5, 5.41) is 9.53. The van der Waals surface area contributed by atoms with Gasteiger partial charge in [0.15, 0.2) is 17.3 Å². The van der Waals surface area contributed by atoms with Crippen LogP contribution in [-0.4, -0.2) is 25.1 Å². The highest BCUT2D eigenvalue weighted by Gasteiger charge is 2.22. The van der Waals surface area contributed by atoms with Gasteiger partial charge >= 0.3 is 0 Å². The Balaban J connectivity index is 1.95. The Morgan fingerprint density at radius 1 is 1.00 bits per heavy atom. The number of benzene rings is 2. The predicted molar refractivity (Wildman–Crippen MR) is 88.3 cm³/mol. The van der Waals surface area contributed by atoms with E-state index < -0.39 is 0 Å². The molecule has 23 heavy (non-hydrogen) atoms. The molecule has 0 radical (unpaired) electrons. The predicted octanol–water partition coefficient (Wildman–Crippen LogP) is 3.62. The van der Waals surface area contributed by atoms with Crippen LogP contribution < -0.4 is 9.47 Å². The number of ether oxygens (including phenoxy) is 2. The number of ketones is 1. The van der Waals surface area contributed by atoms with Crippen molar-refractivity contribution >= 4 is 11.9 Å². The quantitative estimate of drug-likeness (QED) is 0.880. The third-order valence-electron chi connectivity index (χ3n) is 4.04. The summed E-state index contributed by atoms with van der Waals surface area (Å²) in [5.41, 5.74) is 3.23. The van der Waals surface area contributed by atoms with Gasteiger partial charge in [-0.1, -0.05) is 6.07 Å². The zero-order chi connectivity index (χ0) is 16.4. The number of hydrogen-bond donors (Lipinski definition) is 1. The van der Waals surface area contributed by atoms with Gasteiger partial charge in [0.25, 0.3) is 0 Å². The maximum atomic E-state index is 12.6. The molecule has 0 aliphatic heterocycles. The standard InChI is InChI=1S/C19H18O4/c1-22-17-8-3-12(10-18(17)23-2)9-14-5-4-13-11-15(20)6-7-16(13)19(14)21/h3,6-11,20H,4-5H2,1-2H3. The Hall–Kier alpha value is -2.75. The molecule has 2 aromatic rings. The third kappa shape index (κ3) is 2.93. The summed E-state index contributed by atoms with van der Waals surface area (Å²) in [5.74, 6) is 1.51. The molecule has 1 N–H and O–H groups in total. The maximum Gasteiger partial charge on any atom is 0.189 e. The van der Waals surface area contributed by atoms with E-state index in [4.69, 9.17) is 9.47 Å². The monoisotopic (exact) mass is 310 g/mol. The van der Waals surface area contributed by atoms with Crippen molar-refractivity contribution in [2.75, 3.05) is 14.2 Å². The van der Waals surface area contributed by atoms with Crippen molar-refractivity contribution in [1.82, 2.24) is 0 Å². The molecule has 3 rings (SSSR count). The molecule has 0 aromatic heterocycles. The number of hydrogen-bond acceptors (Lipinski definition) is 4. The molecule has 2 aromatic carbocycles. The molecular formula is C19H18O4. The SMILES string of the molecule is COc1ccc(C=C2CCc3cc(O)ccc3C2=O)cc1OC. The number of Topliss-reactive ketones (excluding diaryl/α,β-unsaturated/α-hetero) is 1. The summed E-state index contributed by atoms with van der Waals surface area (Å²) in [6.07, 6.45) is 3.29. The second kappa shape index (κ2) is 6.16. The first-order valence-corrected chi connectivity index (χ1v) is 7.41. The molecule has 0 amide bonds. The third-order valence-corrected chi connectivity index (χ3v) is 4.04. The first kappa shape index (κ1) is 15.2. The van der Waals surface area contributed by atoms with Gasteiger partial charge in [-0.05, 0) is 60.4 Å². The Morgan fingerprint density at radius 3 is 2.52 bits per heavy atom. The molecule has 0 atom stereocenters. The number of aryl methyl sites for hydroxylation is 1. The van der Waals surface area contributed by atoms with Crippen molar-refractivity contribution in [3.05, 3.63) is 58.7 Å². The molecule has 4 heteroatoms. The summed E-state index contributed by atoms with van der Waals surface area (Å²) in [7, 11) is 3.18. The average molecular weight is 310 g/mol. The summed E-state index contributed by atoms with van der Waals surface area (Å²) in [4.78, 5) is 12.6. The van der Waals surface area contributed by atoms with Crippen LogP contribution in [0.25, 0.3) is 6.08 Å². The van der Waals surface area contributed by atoms with Gasteiger partial charge < -0.3 is 14.6 Å². The van der Waals surface area contributed by atoms with E-state index in [1.54, 1.807) is 32.4 Å². The van der Waals surface area contributed by atoms with E-state index in [2.05, 4.69) is 0 Å². The van der Waals surface area contributed by atoms with Crippen LogP contribution >= 0.6 is 0 Å². The first-order valence-electron chi connectivity index (χ1n) is 7.41. The van der Waals surface area contributed by atoms with Crippen LogP contribution in [0.4, 0.5) is 0 Å². The Kier molecular flexibility index (Phi) is 4.06. The summed E-state index contributed by atoms with van der Waals surface area (Å²) in [6.45, 7) is 0. The van der Waals surface area contributed by atoms with Gasteiger partial charge in [-0.2, -0.15) is 0 Å². The van der Waals surface area contributed by atoms with E-state index in [1.807, 2.05) is 24.3 Å². The zero-order valence-corrected chi connectivity index (χ0v) is 13.1. The smallest absolute Gasteiger partial charge is 0.189 e. The largest absolute Gasteiger partial charge is 0.508 e. The van der Waals surface area contributed by atoms with Crippen molar-refractivity contribution in [1.29, 1.82) is 0 Å². The molecule has 0 saturated heterocycles. The lowest BCUT2D eigenvalue weighted by molar-refractivity contribution is 0.102. The van der Waals surface area contributed by atoms with E-state index in [0.29, 0.717) is 23.5 Å². The normalized spacial score (nSPS) is 15.4. The topological polar surface area (TPSA) is 55.8 Å². The highest BCUT2D eigenvalue weighted by Crippen LogP contribution is 2.32. The highest BCUT2D eigenvalue weighted by molar-refractivity contribution is 6.13. The maximum absolute atomic E-state index is 12.6. The summed E-state index contributed by atoms with van der Waals surface area (Å²) >= 11 is 0. The van der Waals surface area contributed by atoms with Crippen LogP contribution in [-0.2, 0) is 6.42 Å². The number of methoxy groups -OCH3 is 2. The molecule has 0 heterocycles. The summed E-state index contributed by atoms with van der Waals surface area (Å²) in [6, 6.07) is 10.5. The molecule has 0 fully saturated rings. The lowest BCUT2D eigenvalue weighted by Gasteiger charge is -2.18. The molecule has 4 nitrogen and oxygen atoms in total. The molecule has 1 aliphatic carbocycles. The Labute approximate surface area is 135 Å². The molecule has 0 bridgehead atoms. The van der Waals surface area contributed by atoms with Crippen molar-refractivity contribution in [2.45, 2.75) is 12.8 Å². The number of allylic oxidation sites excluding steroid dienone is 1. The number of phenols is 1. The number of carbonyl (C=O) groups is 1. The van der Waals surface area contributed by atoms with Crippen LogP contribution in [0.3, 0.4) is 0 Å². The van der Waals surface area contributed by atoms with Gasteiger partial charge in [0, 0.05) is 11.1 Å².